The number of carboxylic acids is 1. The van der Waals surface area contributed by atoms with Crippen LogP contribution in [0.25, 0.3) is 0 Å². The van der Waals surface area contributed by atoms with E-state index in [0.717, 1.165) is 24.5 Å². The van der Waals surface area contributed by atoms with Gasteiger partial charge < -0.3 is 10.0 Å². The number of carbonyl (C=O) groups is 2. The second-order valence-corrected chi connectivity index (χ2v) is 13.2. The lowest BCUT2D eigenvalue weighted by Gasteiger charge is -2.43. The molecule has 2 fully saturated rings. The second kappa shape index (κ2) is 11.8. The van der Waals surface area contributed by atoms with Crippen molar-refractivity contribution < 1.29 is 23.5 Å². The number of fused-ring (bicyclic) bond motifs is 1. The third kappa shape index (κ3) is 6.33. The number of aliphatic carboxylic acids is 1. The van der Waals surface area contributed by atoms with Gasteiger partial charge in [-0.05, 0) is 88.1 Å². The molecule has 2 aliphatic heterocycles. The van der Waals surface area contributed by atoms with Gasteiger partial charge in [-0.2, -0.15) is 0 Å². The summed E-state index contributed by atoms with van der Waals surface area (Å²) in [5.74, 6) is -2.99. The van der Waals surface area contributed by atoms with Crippen LogP contribution in [0, 0.1) is 17.6 Å². The number of hydrogen-bond acceptors (Lipinski definition) is 4. The van der Waals surface area contributed by atoms with Crippen LogP contribution in [0.15, 0.2) is 36.4 Å². The van der Waals surface area contributed by atoms with E-state index in [1.54, 1.807) is 0 Å². The van der Waals surface area contributed by atoms with Crippen LogP contribution in [-0.2, 0) is 28.9 Å². The van der Waals surface area contributed by atoms with E-state index < -0.39 is 29.6 Å². The highest BCUT2D eigenvalue weighted by atomic mass is 19.1. The molecular weight excluding hydrogens is 524 g/mol. The molecule has 8 heteroatoms. The first-order chi connectivity index (χ1) is 19.4. The number of piperazine rings is 1. The predicted octanol–water partition coefficient (Wildman–Crippen LogP) is 4.89. The molecule has 3 aliphatic rings. The highest BCUT2D eigenvalue weighted by Crippen LogP contribution is 2.39. The second-order valence-electron chi connectivity index (χ2n) is 13.2. The molecular formula is C33H43F2N3O3. The van der Waals surface area contributed by atoms with Gasteiger partial charge in [-0.1, -0.05) is 24.3 Å². The molecule has 4 atom stereocenters. The summed E-state index contributed by atoms with van der Waals surface area (Å²) in [5, 5.41) is 10.2. The minimum Gasteiger partial charge on any atom is -0.480 e. The fourth-order valence-electron chi connectivity index (χ4n) is 7.04. The molecule has 2 aromatic rings. The Labute approximate surface area is 242 Å². The van der Waals surface area contributed by atoms with Crippen molar-refractivity contribution in [3.05, 3.63) is 70.3 Å². The molecule has 0 spiro atoms. The number of benzene rings is 2. The maximum atomic E-state index is 14.9. The number of rotatable bonds is 6. The summed E-state index contributed by atoms with van der Waals surface area (Å²) in [6.07, 6.45) is 4.96. The maximum absolute atomic E-state index is 14.9. The van der Waals surface area contributed by atoms with Gasteiger partial charge in [-0.25, -0.2) is 8.78 Å². The van der Waals surface area contributed by atoms with Gasteiger partial charge in [-0.15, -0.1) is 0 Å². The normalized spacial score (nSPS) is 24.7. The fraction of sp³-hybridized carbons (Fsp3) is 0.576. The van der Waals surface area contributed by atoms with Crippen LogP contribution in [0.5, 0.6) is 0 Å². The van der Waals surface area contributed by atoms with Gasteiger partial charge in [0.05, 0.1) is 5.92 Å². The van der Waals surface area contributed by atoms with E-state index in [-0.39, 0.29) is 23.4 Å². The summed E-state index contributed by atoms with van der Waals surface area (Å²) in [6, 6.07) is 9.18. The lowest BCUT2D eigenvalue weighted by atomic mass is 9.87. The zero-order valence-corrected chi connectivity index (χ0v) is 24.7. The smallest absolute Gasteiger partial charge is 0.321 e. The largest absolute Gasteiger partial charge is 0.480 e. The van der Waals surface area contributed by atoms with Gasteiger partial charge >= 0.3 is 5.97 Å². The summed E-state index contributed by atoms with van der Waals surface area (Å²) < 4.78 is 28.6. The van der Waals surface area contributed by atoms with E-state index in [0.29, 0.717) is 44.7 Å². The Bertz CT molecular complexity index is 1290. The van der Waals surface area contributed by atoms with Crippen LogP contribution < -0.4 is 0 Å². The SMILES string of the molecule is C[C@H]1CN([C@@H](Cc2ccc3c(c2)CCCC3)C(=O)O)CCN1C(=O)[C@@H]1CN(C(C)(C)C)C[C@H]1c1ccc(F)cc1F. The number of nitrogens with zero attached hydrogens (tertiary/aromatic N) is 3. The topological polar surface area (TPSA) is 64.1 Å². The summed E-state index contributed by atoms with van der Waals surface area (Å²) in [7, 11) is 0. The molecule has 0 unspecified atom stereocenters. The summed E-state index contributed by atoms with van der Waals surface area (Å²) in [6.45, 7) is 10.5. The number of halogens is 2. The average Bonchev–Trinajstić information content (AvgIpc) is 3.37. The Kier molecular flexibility index (Phi) is 8.53. The van der Waals surface area contributed by atoms with Crippen LogP contribution in [0.3, 0.4) is 0 Å². The van der Waals surface area contributed by atoms with Gasteiger partial charge in [0, 0.05) is 56.3 Å². The molecule has 2 saturated heterocycles. The van der Waals surface area contributed by atoms with Crippen molar-refractivity contribution in [2.45, 2.75) is 83.3 Å². The third-order valence-electron chi connectivity index (χ3n) is 9.46. The first kappa shape index (κ1) is 29.6. The summed E-state index contributed by atoms with van der Waals surface area (Å²) in [4.78, 5) is 32.5. The van der Waals surface area contributed by atoms with Gasteiger partial charge in [-0.3, -0.25) is 19.4 Å². The zero-order chi connectivity index (χ0) is 29.5. The van der Waals surface area contributed by atoms with Crippen LogP contribution >= 0.6 is 0 Å². The van der Waals surface area contributed by atoms with Crippen molar-refractivity contribution in [1.29, 1.82) is 0 Å². The van der Waals surface area contributed by atoms with Gasteiger partial charge in [0.2, 0.25) is 5.91 Å². The Balaban J connectivity index is 1.31. The van der Waals surface area contributed by atoms with Crippen LogP contribution in [0.4, 0.5) is 8.78 Å². The van der Waals surface area contributed by atoms with E-state index in [1.807, 2.05) is 16.7 Å². The zero-order valence-electron chi connectivity index (χ0n) is 24.7. The third-order valence-corrected chi connectivity index (χ3v) is 9.46. The molecule has 222 valence electrons. The Morgan fingerprint density at radius 3 is 2.37 bits per heavy atom. The Hall–Kier alpha value is -2.84. The first-order valence-electron chi connectivity index (χ1n) is 15.0. The van der Waals surface area contributed by atoms with Crippen LogP contribution in [-0.4, -0.2) is 82.0 Å². The van der Waals surface area contributed by atoms with Crippen LogP contribution in [0.1, 0.15) is 68.7 Å². The van der Waals surface area contributed by atoms with Crippen molar-refractivity contribution in [3.63, 3.8) is 0 Å². The van der Waals surface area contributed by atoms with E-state index in [9.17, 15) is 23.5 Å². The molecule has 0 saturated carbocycles. The number of amides is 1. The van der Waals surface area contributed by atoms with Crippen molar-refractivity contribution in [1.82, 2.24) is 14.7 Å². The molecule has 0 aromatic heterocycles. The molecule has 1 aliphatic carbocycles. The molecule has 5 rings (SSSR count). The maximum Gasteiger partial charge on any atom is 0.321 e. The molecule has 6 nitrogen and oxygen atoms in total. The molecule has 1 N–H and O–H groups in total. The van der Waals surface area contributed by atoms with Crippen molar-refractivity contribution >= 4 is 11.9 Å². The standard InChI is InChI=1S/C33H43F2N3O3/c1-21-18-36(30(32(40)41)16-22-9-10-23-7-5-6-8-24(23)15-22)13-14-38(21)31(39)28-20-37(33(2,3)4)19-27(28)26-12-11-25(34)17-29(26)35/h9-12,15,17,21,27-28,30H,5-8,13-14,16,18-20H2,1-4H3,(H,40,41)/t21-,27-,28+,30-/m0/s1. The predicted molar refractivity (Wildman–Crippen MR) is 155 cm³/mol. The number of carbonyl (C=O) groups excluding carboxylic acids is 1. The highest BCUT2D eigenvalue weighted by Gasteiger charge is 2.46. The average molecular weight is 568 g/mol. The van der Waals surface area contributed by atoms with Gasteiger partial charge in [0.15, 0.2) is 0 Å². The lowest BCUT2D eigenvalue weighted by Crippen LogP contribution is -2.59. The first-order valence-corrected chi connectivity index (χ1v) is 15.0. The molecule has 2 aromatic carbocycles. The van der Waals surface area contributed by atoms with E-state index in [4.69, 9.17) is 0 Å². The number of hydrogen-bond donors (Lipinski definition) is 1. The van der Waals surface area contributed by atoms with Gasteiger partial charge in [0.1, 0.15) is 17.7 Å². The monoisotopic (exact) mass is 567 g/mol. The molecule has 2 heterocycles. The molecule has 0 radical (unpaired) electrons. The minimum absolute atomic E-state index is 0.0424. The number of likely N-dealkylation sites (tertiary alicyclic amines) is 1. The summed E-state index contributed by atoms with van der Waals surface area (Å²) in [5.41, 5.74) is 3.93. The Morgan fingerprint density at radius 1 is 0.976 bits per heavy atom. The fourth-order valence-corrected chi connectivity index (χ4v) is 7.04. The van der Waals surface area contributed by atoms with E-state index in [2.05, 4.69) is 43.9 Å². The van der Waals surface area contributed by atoms with Crippen molar-refractivity contribution in [2.75, 3.05) is 32.7 Å². The van der Waals surface area contributed by atoms with Crippen LogP contribution in [0.2, 0.25) is 0 Å². The van der Waals surface area contributed by atoms with E-state index >= 15 is 0 Å². The lowest BCUT2D eigenvalue weighted by molar-refractivity contribution is -0.147. The Morgan fingerprint density at radius 2 is 1.71 bits per heavy atom. The van der Waals surface area contributed by atoms with Gasteiger partial charge in [0.25, 0.3) is 0 Å². The molecule has 41 heavy (non-hydrogen) atoms. The number of carboxylic acid groups (broad SMARTS) is 1. The van der Waals surface area contributed by atoms with E-state index in [1.165, 1.54) is 36.1 Å². The summed E-state index contributed by atoms with van der Waals surface area (Å²) >= 11 is 0. The number of aryl methyl sites for hydroxylation is 2. The molecule has 1 amide bonds. The quantitative estimate of drug-likeness (QED) is 0.539. The van der Waals surface area contributed by atoms with Crippen molar-refractivity contribution in [2.24, 2.45) is 5.92 Å². The molecule has 0 bridgehead atoms. The van der Waals surface area contributed by atoms with Crippen molar-refractivity contribution in [3.8, 4) is 0 Å². The minimum atomic E-state index is -0.849. The highest BCUT2D eigenvalue weighted by molar-refractivity contribution is 5.81.